The molecule has 1 aromatic heterocycles. The molecule has 2 N–H and O–H groups in total. The van der Waals surface area contributed by atoms with Gasteiger partial charge in [-0.05, 0) is 0 Å². The molecule has 1 saturated heterocycles. The lowest BCUT2D eigenvalue weighted by Gasteiger charge is -2.11. The molecule has 1 amide bonds. The van der Waals surface area contributed by atoms with Gasteiger partial charge in [-0.15, -0.1) is 0 Å². The van der Waals surface area contributed by atoms with E-state index in [-0.39, 0.29) is 11.9 Å². The molecule has 7 heteroatoms. The number of nitrogens with zero attached hydrogens (tertiary/aromatic N) is 2. The second kappa shape index (κ2) is 5.29. The second-order valence-corrected chi connectivity index (χ2v) is 4.16. The first-order chi connectivity index (χ1) is 8.17. The molecule has 1 aliphatic rings. The number of ether oxygens (including phenoxy) is 1. The second-order valence-electron chi connectivity index (χ2n) is 3.77. The summed E-state index contributed by atoms with van der Waals surface area (Å²) in [6.45, 7) is 0.900. The summed E-state index contributed by atoms with van der Waals surface area (Å²) in [5.74, 6) is 1.16. The lowest BCUT2D eigenvalue weighted by Crippen LogP contribution is -2.23. The number of nitrogens with one attached hydrogen (secondary N) is 2. The Kier molecular flexibility index (Phi) is 3.75. The minimum absolute atomic E-state index is 0.0415. The first kappa shape index (κ1) is 12.1. The Balaban J connectivity index is 2.07. The van der Waals surface area contributed by atoms with Crippen molar-refractivity contribution in [3.63, 3.8) is 0 Å². The smallest absolute Gasteiger partial charge is 0.222 e. The zero-order valence-electron chi connectivity index (χ0n) is 9.36. The Morgan fingerprint density at radius 1 is 1.65 bits per heavy atom. The molecule has 2 rings (SSSR count). The maximum absolute atomic E-state index is 11.1. The van der Waals surface area contributed by atoms with Crippen LogP contribution in [-0.4, -0.2) is 35.6 Å². The summed E-state index contributed by atoms with van der Waals surface area (Å²) in [6, 6.07) is 1.67. The summed E-state index contributed by atoms with van der Waals surface area (Å²) in [5.41, 5.74) is 0. The van der Waals surface area contributed by atoms with E-state index < -0.39 is 0 Å². The summed E-state index contributed by atoms with van der Waals surface area (Å²) in [4.78, 5) is 19.3. The monoisotopic (exact) mass is 256 g/mol. The summed E-state index contributed by atoms with van der Waals surface area (Å²) in [6.07, 6.45) is 0.446. The highest BCUT2D eigenvalue weighted by atomic mass is 35.5. The van der Waals surface area contributed by atoms with Crippen LogP contribution in [0, 0.1) is 0 Å². The molecule has 0 spiro atoms. The highest BCUT2D eigenvalue weighted by Crippen LogP contribution is 2.14. The van der Waals surface area contributed by atoms with Gasteiger partial charge in [0.15, 0.2) is 5.82 Å². The van der Waals surface area contributed by atoms with E-state index in [0.29, 0.717) is 36.4 Å². The van der Waals surface area contributed by atoms with E-state index in [0.717, 1.165) is 0 Å². The van der Waals surface area contributed by atoms with E-state index in [1.165, 1.54) is 0 Å². The van der Waals surface area contributed by atoms with Crippen LogP contribution in [0.25, 0.3) is 0 Å². The van der Waals surface area contributed by atoms with Crippen LogP contribution in [0.4, 0.5) is 5.82 Å². The third kappa shape index (κ3) is 3.28. The Hall–Kier alpha value is -1.40. The predicted molar refractivity (Wildman–Crippen MR) is 62.8 cm³/mol. The first-order valence-corrected chi connectivity index (χ1v) is 5.61. The minimum Gasteiger partial charge on any atom is -0.377 e. The molecule has 1 aliphatic heterocycles. The van der Waals surface area contributed by atoms with Gasteiger partial charge in [-0.2, -0.15) is 0 Å². The number of carbonyl (C=O) groups is 1. The number of carbonyl (C=O) groups excluding carboxylic acids is 1. The van der Waals surface area contributed by atoms with Gasteiger partial charge in [0, 0.05) is 26.1 Å². The van der Waals surface area contributed by atoms with Crippen LogP contribution in [-0.2, 0) is 16.1 Å². The van der Waals surface area contributed by atoms with Crippen LogP contribution in [0.5, 0.6) is 0 Å². The molecule has 1 aromatic rings. The number of amides is 1. The summed E-state index contributed by atoms with van der Waals surface area (Å²) < 4.78 is 4.95. The zero-order chi connectivity index (χ0) is 12.3. The summed E-state index contributed by atoms with van der Waals surface area (Å²) >= 11 is 5.87. The number of aromatic nitrogens is 2. The summed E-state index contributed by atoms with van der Waals surface area (Å²) in [7, 11) is 1.57. The number of halogens is 1. The molecule has 92 valence electrons. The van der Waals surface area contributed by atoms with Crippen LogP contribution in [0.1, 0.15) is 12.2 Å². The fourth-order valence-electron chi connectivity index (χ4n) is 1.65. The molecule has 2 heterocycles. The molecular formula is C10H13ClN4O2. The number of rotatable bonds is 4. The first-order valence-electron chi connectivity index (χ1n) is 5.23. The van der Waals surface area contributed by atoms with Gasteiger partial charge in [0.25, 0.3) is 0 Å². The Morgan fingerprint density at radius 2 is 2.47 bits per heavy atom. The summed E-state index contributed by atoms with van der Waals surface area (Å²) in [5, 5.41) is 6.23. The lowest BCUT2D eigenvalue weighted by molar-refractivity contribution is -0.119. The molecule has 0 radical (unpaired) electrons. The lowest BCUT2D eigenvalue weighted by atomic mass is 10.2. The molecule has 6 nitrogen and oxygen atoms in total. The molecule has 0 aromatic carbocycles. The Labute approximate surface area is 104 Å². The third-order valence-corrected chi connectivity index (χ3v) is 2.54. The van der Waals surface area contributed by atoms with Crippen LogP contribution >= 0.6 is 11.6 Å². The molecule has 17 heavy (non-hydrogen) atoms. The highest BCUT2D eigenvalue weighted by molar-refractivity contribution is 6.29. The van der Waals surface area contributed by atoms with E-state index in [9.17, 15) is 4.79 Å². The van der Waals surface area contributed by atoms with Gasteiger partial charge in [-0.1, -0.05) is 11.6 Å². The van der Waals surface area contributed by atoms with Crippen LogP contribution in [0.2, 0.25) is 5.15 Å². The van der Waals surface area contributed by atoms with Crippen LogP contribution in [0.3, 0.4) is 0 Å². The molecule has 1 unspecified atom stereocenters. The normalized spacial score (nSPS) is 19.2. The highest BCUT2D eigenvalue weighted by Gasteiger charge is 2.21. The van der Waals surface area contributed by atoms with Gasteiger partial charge in [-0.3, -0.25) is 4.79 Å². The number of methoxy groups -OCH3 is 1. The van der Waals surface area contributed by atoms with Gasteiger partial charge in [0.05, 0.1) is 6.04 Å². The van der Waals surface area contributed by atoms with Crippen molar-refractivity contribution in [1.82, 2.24) is 15.3 Å². The topological polar surface area (TPSA) is 76.1 Å². The van der Waals surface area contributed by atoms with Crippen molar-refractivity contribution in [3.8, 4) is 0 Å². The molecule has 0 bridgehead atoms. The average molecular weight is 257 g/mol. The van der Waals surface area contributed by atoms with Crippen molar-refractivity contribution in [2.75, 3.05) is 19.0 Å². The van der Waals surface area contributed by atoms with Crippen molar-refractivity contribution < 1.29 is 9.53 Å². The van der Waals surface area contributed by atoms with Gasteiger partial charge < -0.3 is 15.4 Å². The quantitative estimate of drug-likeness (QED) is 0.771. The van der Waals surface area contributed by atoms with Crippen molar-refractivity contribution in [2.45, 2.75) is 19.1 Å². The van der Waals surface area contributed by atoms with Gasteiger partial charge in [0.2, 0.25) is 5.91 Å². The van der Waals surface area contributed by atoms with E-state index in [2.05, 4.69) is 20.6 Å². The van der Waals surface area contributed by atoms with Crippen molar-refractivity contribution >= 4 is 23.3 Å². The van der Waals surface area contributed by atoms with E-state index in [1.807, 2.05) is 0 Å². The zero-order valence-corrected chi connectivity index (χ0v) is 10.1. The van der Waals surface area contributed by atoms with Gasteiger partial charge >= 0.3 is 0 Å². The van der Waals surface area contributed by atoms with Crippen molar-refractivity contribution in [1.29, 1.82) is 0 Å². The predicted octanol–water partition coefficient (Wildman–Crippen LogP) is 0.577. The molecule has 1 fully saturated rings. The number of hydrogen-bond acceptors (Lipinski definition) is 5. The Morgan fingerprint density at radius 3 is 3.12 bits per heavy atom. The Bertz CT molecular complexity index is 427. The van der Waals surface area contributed by atoms with E-state index in [4.69, 9.17) is 16.3 Å². The molecular weight excluding hydrogens is 244 g/mol. The number of hydrogen-bond donors (Lipinski definition) is 2. The van der Waals surface area contributed by atoms with Crippen LogP contribution < -0.4 is 10.6 Å². The van der Waals surface area contributed by atoms with Gasteiger partial charge in [0.1, 0.15) is 17.6 Å². The maximum Gasteiger partial charge on any atom is 0.222 e. The largest absolute Gasteiger partial charge is 0.377 e. The van der Waals surface area contributed by atoms with Crippen molar-refractivity contribution in [3.05, 3.63) is 17.0 Å². The maximum atomic E-state index is 11.1. The minimum atomic E-state index is 0.0415. The van der Waals surface area contributed by atoms with Crippen molar-refractivity contribution in [2.24, 2.45) is 0 Å². The van der Waals surface area contributed by atoms with E-state index >= 15 is 0 Å². The van der Waals surface area contributed by atoms with Crippen LogP contribution in [0.15, 0.2) is 6.07 Å². The molecule has 0 aliphatic carbocycles. The molecule has 0 saturated carbocycles. The van der Waals surface area contributed by atoms with E-state index in [1.54, 1.807) is 13.2 Å². The third-order valence-electron chi connectivity index (χ3n) is 2.34. The van der Waals surface area contributed by atoms with Gasteiger partial charge in [-0.25, -0.2) is 9.97 Å². The fourth-order valence-corrected chi connectivity index (χ4v) is 1.85. The standard InChI is InChI=1S/C10H13ClN4O2/c1-17-5-9-14-7(11)3-8(15-9)13-6-2-10(16)12-4-6/h3,6H,2,4-5H2,1H3,(H,12,16)(H,13,14,15). The fraction of sp³-hybridized carbons (Fsp3) is 0.500. The number of anilines is 1. The molecule has 1 atom stereocenters. The SMILES string of the molecule is COCc1nc(Cl)cc(NC2CNC(=O)C2)n1. The average Bonchev–Trinajstić information content (AvgIpc) is 2.63.